The van der Waals surface area contributed by atoms with Crippen LogP contribution in [0.15, 0.2) is 6.07 Å². The van der Waals surface area contributed by atoms with Crippen LogP contribution in [0, 0.1) is 0 Å². The van der Waals surface area contributed by atoms with Crippen molar-refractivity contribution in [2.24, 2.45) is 0 Å². The Labute approximate surface area is 91.3 Å². The van der Waals surface area contributed by atoms with Crippen LogP contribution in [0.2, 0.25) is 0 Å². The van der Waals surface area contributed by atoms with Crippen molar-refractivity contribution in [2.45, 2.75) is 39.3 Å². The summed E-state index contributed by atoms with van der Waals surface area (Å²) in [4.78, 5) is 0. The van der Waals surface area contributed by atoms with Crippen LogP contribution in [-0.2, 0) is 18.5 Å². The van der Waals surface area contributed by atoms with Crippen molar-refractivity contribution in [1.29, 1.82) is 0 Å². The largest absolute Gasteiger partial charge is 0.309 e. The molecular weight excluding hydrogens is 198 g/mol. The fourth-order valence-electron chi connectivity index (χ4n) is 1.56. The van der Waals surface area contributed by atoms with E-state index in [2.05, 4.69) is 41.9 Å². The maximum absolute atomic E-state index is 4.60. The SMILES string of the molecule is CC(C)(C)c1cc2n(n1)CCNC2.Cl. The van der Waals surface area contributed by atoms with Gasteiger partial charge in [0.05, 0.1) is 17.9 Å². The lowest BCUT2D eigenvalue weighted by Crippen LogP contribution is -2.28. The molecule has 80 valence electrons. The van der Waals surface area contributed by atoms with E-state index in [9.17, 15) is 0 Å². The van der Waals surface area contributed by atoms with Crippen LogP contribution < -0.4 is 5.32 Å². The summed E-state index contributed by atoms with van der Waals surface area (Å²) >= 11 is 0. The van der Waals surface area contributed by atoms with Gasteiger partial charge in [-0.3, -0.25) is 4.68 Å². The predicted molar refractivity (Wildman–Crippen MR) is 59.9 cm³/mol. The van der Waals surface area contributed by atoms with E-state index in [1.54, 1.807) is 0 Å². The third-order valence-corrected chi connectivity index (χ3v) is 2.44. The molecule has 1 aliphatic heterocycles. The van der Waals surface area contributed by atoms with E-state index in [0.29, 0.717) is 0 Å². The molecule has 0 aliphatic carbocycles. The first-order valence-corrected chi connectivity index (χ1v) is 4.85. The van der Waals surface area contributed by atoms with Crippen molar-refractivity contribution in [3.05, 3.63) is 17.5 Å². The van der Waals surface area contributed by atoms with Crippen molar-refractivity contribution >= 4 is 12.4 Å². The van der Waals surface area contributed by atoms with E-state index in [-0.39, 0.29) is 17.8 Å². The summed E-state index contributed by atoms with van der Waals surface area (Å²) in [6, 6.07) is 2.21. The first-order valence-electron chi connectivity index (χ1n) is 4.85. The molecule has 1 N–H and O–H groups in total. The van der Waals surface area contributed by atoms with Crippen LogP contribution in [0.1, 0.15) is 32.2 Å². The number of nitrogens with one attached hydrogen (secondary N) is 1. The fraction of sp³-hybridized carbons (Fsp3) is 0.700. The molecular formula is C10H18ClN3. The van der Waals surface area contributed by atoms with Gasteiger partial charge < -0.3 is 5.32 Å². The molecule has 1 aliphatic rings. The topological polar surface area (TPSA) is 29.9 Å². The van der Waals surface area contributed by atoms with Crippen molar-refractivity contribution in [3.8, 4) is 0 Å². The zero-order valence-electron chi connectivity index (χ0n) is 9.00. The van der Waals surface area contributed by atoms with Gasteiger partial charge in [-0.25, -0.2) is 0 Å². The standard InChI is InChI=1S/C10H17N3.ClH/c1-10(2,3)9-6-8-7-11-4-5-13(8)12-9;/h6,11H,4-5,7H2,1-3H3;1H. The zero-order valence-corrected chi connectivity index (χ0v) is 9.82. The highest BCUT2D eigenvalue weighted by Crippen LogP contribution is 2.22. The minimum absolute atomic E-state index is 0. The fourth-order valence-corrected chi connectivity index (χ4v) is 1.56. The smallest absolute Gasteiger partial charge is 0.0681 e. The van der Waals surface area contributed by atoms with Gasteiger partial charge in [-0.1, -0.05) is 20.8 Å². The summed E-state index contributed by atoms with van der Waals surface area (Å²) in [6.45, 7) is 9.62. The second kappa shape index (κ2) is 3.91. The van der Waals surface area contributed by atoms with Crippen LogP contribution in [0.5, 0.6) is 0 Å². The summed E-state index contributed by atoms with van der Waals surface area (Å²) in [5.74, 6) is 0. The van der Waals surface area contributed by atoms with Crippen molar-refractivity contribution in [3.63, 3.8) is 0 Å². The van der Waals surface area contributed by atoms with Crippen LogP contribution in [0.25, 0.3) is 0 Å². The molecule has 0 spiro atoms. The molecule has 0 saturated heterocycles. The second-order valence-corrected chi connectivity index (χ2v) is 4.67. The highest BCUT2D eigenvalue weighted by Gasteiger charge is 2.20. The highest BCUT2D eigenvalue weighted by molar-refractivity contribution is 5.85. The first-order chi connectivity index (χ1) is 6.07. The van der Waals surface area contributed by atoms with Gasteiger partial charge in [0.1, 0.15) is 0 Å². The number of rotatable bonds is 0. The van der Waals surface area contributed by atoms with Crippen LogP contribution in [-0.4, -0.2) is 16.3 Å². The summed E-state index contributed by atoms with van der Waals surface area (Å²) in [6.07, 6.45) is 0. The van der Waals surface area contributed by atoms with Crippen LogP contribution in [0.3, 0.4) is 0 Å². The molecule has 1 aromatic rings. The molecule has 0 atom stereocenters. The number of hydrogen-bond acceptors (Lipinski definition) is 2. The normalized spacial score (nSPS) is 15.9. The van der Waals surface area contributed by atoms with E-state index in [1.807, 2.05) is 0 Å². The molecule has 0 radical (unpaired) electrons. The van der Waals surface area contributed by atoms with E-state index in [0.717, 1.165) is 19.6 Å². The third-order valence-electron chi connectivity index (χ3n) is 2.44. The Kier molecular flexibility index (Phi) is 3.22. The molecule has 2 rings (SSSR count). The second-order valence-electron chi connectivity index (χ2n) is 4.67. The van der Waals surface area contributed by atoms with Gasteiger partial charge in [0.25, 0.3) is 0 Å². The van der Waals surface area contributed by atoms with Crippen LogP contribution >= 0.6 is 12.4 Å². The highest BCUT2D eigenvalue weighted by atomic mass is 35.5. The summed E-state index contributed by atoms with van der Waals surface area (Å²) in [5, 5.41) is 7.94. The maximum atomic E-state index is 4.60. The Morgan fingerprint density at radius 1 is 1.43 bits per heavy atom. The molecule has 0 amide bonds. The lowest BCUT2D eigenvalue weighted by Gasteiger charge is -2.15. The molecule has 0 unspecified atom stereocenters. The maximum Gasteiger partial charge on any atom is 0.0681 e. The number of halogens is 1. The summed E-state index contributed by atoms with van der Waals surface area (Å²) < 4.78 is 2.12. The molecule has 14 heavy (non-hydrogen) atoms. The van der Waals surface area contributed by atoms with Gasteiger partial charge in [0.15, 0.2) is 0 Å². The number of nitrogens with zero attached hydrogens (tertiary/aromatic N) is 2. The minimum atomic E-state index is 0. The molecule has 4 heteroatoms. The number of fused-ring (bicyclic) bond motifs is 1. The summed E-state index contributed by atoms with van der Waals surface area (Å²) in [5.41, 5.74) is 2.69. The Hall–Kier alpha value is -0.540. The monoisotopic (exact) mass is 215 g/mol. The average molecular weight is 216 g/mol. The lowest BCUT2D eigenvalue weighted by molar-refractivity contribution is 0.463. The van der Waals surface area contributed by atoms with Crippen molar-refractivity contribution < 1.29 is 0 Å². The Morgan fingerprint density at radius 3 is 2.71 bits per heavy atom. The van der Waals surface area contributed by atoms with E-state index in [4.69, 9.17) is 0 Å². The minimum Gasteiger partial charge on any atom is -0.309 e. The lowest BCUT2D eigenvalue weighted by atomic mass is 9.92. The van der Waals surface area contributed by atoms with Gasteiger partial charge in [-0.15, -0.1) is 12.4 Å². The molecule has 1 aromatic heterocycles. The molecule has 0 fully saturated rings. The van der Waals surface area contributed by atoms with Gasteiger partial charge >= 0.3 is 0 Å². The van der Waals surface area contributed by atoms with E-state index in [1.165, 1.54) is 11.4 Å². The third kappa shape index (κ3) is 2.10. The Balaban J connectivity index is 0.000000980. The van der Waals surface area contributed by atoms with Crippen molar-refractivity contribution in [1.82, 2.24) is 15.1 Å². The van der Waals surface area contributed by atoms with Crippen LogP contribution in [0.4, 0.5) is 0 Å². The van der Waals surface area contributed by atoms with E-state index >= 15 is 0 Å². The molecule has 0 bridgehead atoms. The Morgan fingerprint density at radius 2 is 2.14 bits per heavy atom. The molecule has 2 heterocycles. The van der Waals surface area contributed by atoms with Gasteiger partial charge in [-0.2, -0.15) is 5.10 Å². The molecule has 0 saturated carbocycles. The van der Waals surface area contributed by atoms with Crippen molar-refractivity contribution in [2.75, 3.05) is 6.54 Å². The van der Waals surface area contributed by atoms with Gasteiger partial charge in [0, 0.05) is 18.5 Å². The zero-order chi connectivity index (χ0) is 9.47. The van der Waals surface area contributed by atoms with Gasteiger partial charge in [-0.05, 0) is 6.07 Å². The Bertz CT molecular complexity index is 288. The number of hydrogen-bond donors (Lipinski definition) is 1. The molecule has 3 nitrogen and oxygen atoms in total. The molecule has 0 aromatic carbocycles. The quantitative estimate of drug-likeness (QED) is 0.714. The predicted octanol–water partition coefficient (Wildman–Crippen LogP) is 1.71. The summed E-state index contributed by atoms with van der Waals surface area (Å²) in [7, 11) is 0. The number of aromatic nitrogens is 2. The average Bonchev–Trinajstić information content (AvgIpc) is 2.45. The first kappa shape index (κ1) is 11.5. The van der Waals surface area contributed by atoms with E-state index < -0.39 is 0 Å². The van der Waals surface area contributed by atoms with Gasteiger partial charge in [0.2, 0.25) is 0 Å².